The first-order valence-corrected chi connectivity index (χ1v) is 6.12. The van der Waals surface area contributed by atoms with Gasteiger partial charge in [0, 0.05) is 20.8 Å². The van der Waals surface area contributed by atoms with Gasteiger partial charge in [-0.2, -0.15) is 0 Å². The molecule has 0 amide bonds. The van der Waals surface area contributed by atoms with Gasteiger partial charge >= 0.3 is 0 Å². The van der Waals surface area contributed by atoms with Gasteiger partial charge in [0.15, 0.2) is 0 Å². The lowest BCUT2D eigenvalue weighted by molar-refractivity contribution is 0.317. The molecule has 4 atom stereocenters. The molecule has 1 saturated heterocycles. The molecule has 11 heavy (non-hydrogen) atoms. The number of rotatable bonds is 0. The molecule has 0 aromatic rings. The molecule has 1 heterocycles. The number of hydrogen-bond donors (Lipinski definition) is 1. The standard InChI is InChI=1S/C6H7Br2NOS/c7-3-1-2-4(8)5(3)11-6(2)9-10/h2-5,10H,1H2. The fourth-order valence-electron chi connectivity index (χ4n) is 1.64. The smallest absolute Gasteiger partial charge is 0.117 e. The second-order valence-electron chi connectivity index (χ2n) is 2.82. The molecule has 5 heteroatoms. The molecule has 1 N–H and O–H groups in total. The molecule has 0 aromatic heterocycles. The molecule has 2 rings (SSSR count). The Morgan fingerprint density at radius 2 is 2.27 bits per heavy atom. The van der Waals surface area contributed by atoms with Gasteiger partial charge in [-0.15, -0.1) is 11.8 Å². The van der Waals surface area contributed by atoms with E-state index in [0.717, 1.165) is 11.5 Å². The summed E-state index contributed by atoms with van der Waals surface area (Å²) in [5.41, 5.74) is 0. The SMILES string of the molecule is ON=C1SC2C(Br)CC1C2Br. The van der Waals surface area contributed by atoms with E-state index in [1.807, 2.05) is 0 Å². The molecule has 1 aliphatic carbocycles. The Balaban J connectivity index is 2.24. The topological polar surface area (TPSA) is 32.6 Å². The molecule has 2 aliphatic rings. The number of oxime groups is 1. The van der Waals surface area contributed by atoms with Gasteiger partial charge in [0.05, 0.1) is 0 Å². The zero-order chi connectivity index (χ0) is 8.01. The number of thioether (sulfide) groups is 1. The van der Waals surface area contributed by atoms with Crippen molar-refractivity contribution in [3.05, 3.63) is 0 Å². The Hall–Kier alpha value is 0.780. The number of halogens is 2. The summed E-state index contributed by atoms with van der Waals surface area (Å²) >= 11 is 8.90. The molecule has 1 aliphatic heterocycles. The minimum Gasteiger partial charge on any atom is -0.410 e. The quantitative estimate of drug-likeness (QED) is 0.423. The lowest BCUT2D eigenvalue weighted by Crippen LogP contribution is -2.15. The van der Waals surface area contributed by atoms with E-state index in [1.54, 1.807) is 11.8 Å². The first-order chi connectivity index (χ1) is 5.24. The maximum atomic E-state index is 8.62. The monoisotopic (exact) mass is 299 g/mol. The van der Waals surface area contributed by atoms with Gasteiger partial charge in [0.25, 0.3) is 0 Å². The molecular formula is C6H7Br2NOS. The van der Waals surface area contributed by atoms with Crippen molar-refractivity contribution in [1.82, 2.24) is 0 Å². The van der Waals surface area contributed by atoms with E-state index >= 15 is 0 Å². The van der Waals surface area contributed by atoms with Crippen LogP contribution in [0, 0.1) is 5.92 Å². The summed E-state index contributed by atoms with van der Waals surface area (Å²) in [6.45, 7) is 0. The van der Waals surface area contributed by atoms with Crippen LogP contribution in [-0.4, -0.2) is 25.2 Å². The summed E-state index contributed by atoms with van der Waals surface area (Å²) in [6, 6.07) is 0. The number of fused-ring (bicyclic) bond motifs is 2. The van der Waals surface area contributed by atoms with Crippen molar-refractivity contribution in [3.63, 3.8) is 0 Å². The molecule has 62 valence electrons. The Bertz CT molecular complexity index is 211. The summed E-state index contributed by atoms with van der Waals surface area (Å²) in [5, 5.41) is 13.4. The van der Waals surface area contributed by atoms with Crippen LogP contribution in [0.1, 0.15) is 6.42 Å². The van der Waals surface area contributed by atoms with Gasteiger partial charge in [-0.1, -0.05) is 37.0 Å². The largest absolute Gasteiger partial charge is 0.410 e. The van der Waals surface area contributed by atoms with Gasteiger partial charge in [0.2, 0.25) is 0 Å². The van der Waals surface area contributed by atoms with Gasteiger partial charge in [-0.25, -0.2) is 0 Å². The highest BCUT2D eigenvalue weighted by Crippen LogP contribution is 2.52. The van der Waals surface area contributed by atoms with Gasteiger partial charge < -0.3 is 5.21 Å². The second kappa shape index (κ2) is 2.92. The van der Waals surface area contributed by atoms with Crippen molar-refractivity contribution in [1.29, 1.82) is 0 Å². The molecule has 4 unspecified atom stereocenters. The van der Waals surface area contributed by atoms with Gasteiger partial charge in [0.1, 0.15) is 5.04 Å². The molecule has 2 fully saturated rings. The van der Waals surface area contributed by atoms with E-state index in [9.17, 15) is 0 Å². The lowest BCUT2D eigenvalue weighted by Gasteiger charge is -2.14. The fraction of sp³-hybridized carbons (Fsp3) is 0.833. The van der Waals surface area contributed by atoms with E-state index in [4.69, 9.17) is 5.21 Å². The van der Waals surface area contributed by atoms with Gasteiger partial charge in [-0.3, -0.25) is 0 Å². The zero-order valence-electron chi connectivity index (χ0n) is 5.58. The van der Waals surface area contributed by atoms with Crippen molar-refractivity contribution in [2.75, 3.05) is 0 Å². The van der Waals surface area contributed by atoms with Crippen LogP contribution in [0.5, 0.6) is 0 Å². The van der Waals surface area contributed by atoms with Crippen molar-refractivity contribution >= 4 is 48.7 Å². The minimum absolute atomic E-state index is 0.430. The van der Waals surface area contributed by atoms with Crippen LogP contribution in [0.4, 0.5) is 0 Å². The third kappa shape index (κ3) is 1.16. The van der Waals surface area contributed by atoms with Crippen LogP contribution in [-0.2, 0) is 0 Å². The van der Waals surface area contributed by atoms with Crippen molar-refractivity contribution in [2.24, 2.45) is 11.1 Å². The third-order valence-corrected chi connectivity index (χ3v) is 6.58. The predicted octanol–water partition coefficient (Wildman–Crippen LogP) is 2.44. The Labute approximate surface area is 86.1 Å². The first-order valence-electron chi connectivity index (χ1n) is 3.41. The molecule has 0 spiro atoms. The highest BCUT2D eigenvalue weighted by molar-refractivity contribution is 9.10. The van der Waals surface area contributed by atoms with Crippen LogP contribution >= 0.6 is 43.6 Å². The van der Waals surface area contributed by atoms with Crippen LogP contribution in [0.15, 0.2) is 5.16 Å². The molecule has 2 nitrogen and oxygen atoms in total. The fourth-order valence-corrected chi connectivity index (χ4v) is 5.76. The Morgan fingerprint density at radius 1 is 1.55 bits per heavy atom. The Kier molecular flexibility index (Phi) is 2.23. The Morgan fingerprint density at radius 3 is 2.64 bits per heavy atom. The maximum Gasteiger partial charge on any atom is 0.117 e. The number of nitrogens with zero attached hydrogens (tertiary/aromatic N) is 1. The van der Waals surface area contributed by atoms with E-state index in [0.29, 0.717) is 20.8 Å². The van der Waals surface area contributed by atoms with Crippen molar-refractivity contribution < 1.29 is 5.21 Å². The molecular weight excluding hydrogens is 294 g/mol. The lowest BCUT2D eigenvalue weighted by atomic mass is 10.1. The van der Waals surface area contributed by atoms with E-state index in [-0.39, 0.29) is 0 Å². The first kappa shape index (κ1) is 8.38. The predicted molar refractivity (Wildman–Crippen MR) is 54.1 cm³/mol. The van der Waals surface area contributed by atoms with Crippen molar-refractivity contribution in [2.45, 2.75) is 21.3 Å². The molecule has 1 saturated carbocycles. The normalized spacial score (nSPS) is 52.4. The third-order valence-electron chi connectivity index (χ3n) is 2.21. The second-order valence-corrected chi connectivity index (χ2v) is 6.26. The van der Waals surface area contributed by atoms with E-state index in [1.165, 1.54) is 0 Å². The van der Waals surface area contributed by atoms with Crippen molar-refractivity contribution in [3.8, 4) is 0 Å². The maximum absolute atomic E-state index is 8.62. The highest BCUT2D eigenvalue weighted by Gasteiger charge is 2.51. The zero-order valence-corrected chi connectivity index (χ0v) is 9.56. The van der Waals surface area contributed by atoms with E-state index < -0.39 is 0 Å². The molecule has 2 bridgehead atoms. The summed E-state index contributed by atoms with van der Waals surface area (Å²) in [6.07, 6.45) is 1.09. The highest BCUT2D eigenvalue weighted by atomic mass is 79.9. The average molecular weight is 301 g/mol. The minimum atomic E-state index is 0.430. The van der Waals surface area contributed by atoms with Crippen LogP contribution < -0.4 is 0 Å². The van der Waals surface area contributed by atoms with Crippen LogP contribution in [0.3, 0.4) is 0 Å². The summed E-state index contributed by atoms with van der Waals surface area (Å²) in [4.78, 5) is 1.06. The molecule has 0 radical (unpaired) electrons. The average Bonchev–Trinajstić information content (AvgIpc) is 2.43. The van der Waals surface area contributed by atoms with E-state index in [2.05, 4.69) is 37.0 Å². The summed E-state index contributed by atoms with van der Waals surface area (Å²) in [7, 11) is 0. The van der Waals surface area contributed by atoms with Gasteiger partial charge in [-0.05, 0) is 6.42 Å². The summed E-state index contributed by atoms with van der Waals surface area (Å²) in [5.74, 6) is 0.430. The number of alkyl halides is 2. The van der Waals surface area contributed by atoms with Crippen LogP contribution in [0.2, 0.25) is 0 Å². The molecule has 0 aromatic carbocycles. The summed E-state index contributed by atoms with van der Waals surface area (Å²) < 4.78 is 0. The number of hydrogen-bond acceptors (Lipinski definition) is 3. The van der Waals surface area contributed by atoms with Crippen LogP contribution in [0.25, 0.3) is 0 Å².